The molecule has 0 bridgehead atoms. The van der Waals surface area contributed by atoms with E-state index in [4.69, 9.17) is 9.15 Å². The average molecular weight is 261 g/mol. The number of fused-ring (bicyclic) bond motifs is 1. The number of hydrogen-bond donors (Lipinski definition) is 1. The minimum Gasteiger partial charge on any atom is -0.491 e. The van der Waals surface area contributed by atoms with E-state index in [0.29, 0.717) is 30.0 Å². The Kier molecular flexibility index (Phi) is 2.59. The van der Waals surface area contributed by atoms with Crippen molar-refractivity contribution >= 4 is 11.6 Å². The number of anilines is 1. The second kappa shape index (κ2) is 4.27. The van der Waals surface area contributed by atoms with E-state index in [1.807, 2.05) is 0 Å². The van der Waals surface area contributed by atoms with Crippen LogP contribution in [-0.4, -0.2) is 29.8 Å². The SMILES string of the molecule is CN1C(=O)CCOc2ccc(-c3n[nH]c(=O)o3)cc21. The van der Waals surface area contributed by atoms with Gasteiger partial charge in [0.2, 0.25) is 11.8 Å². The van der Waals surface area contributed by atoms with Gasteiger partial charge in [0.15, 0.2) is 0 Å². The molecule has 1 aromatic carbocycles. The lowest BCUT2D eigenvalue weighted by Gasteiger charge is -2.16. The van der Waals surface area contributed by atoms with Gasteiger partial charge in [0.05, 0.1) is 18.7 Å². The standard InChI is InChI=1S/C12H11N3O4/c1-15-8-6-7(11-13-14-12(17)19-11)2-3-9(8)18-5-4-10(15)16/h2-3,6H,4-5H2,1H3,(H,14,17). The number of amides is 1. The summed E-state index contributed by atoms with van der Waals surface area (Å²) in [5.41, 5.74) is 1.23. The van der Waals surface area contributed by atoms with E-state index in [9.17, 15) is 9.59 Å². The maximum atomic E-state index is 11.8. The van der Waals surface area contributed by atoms with Crippen molar-refractivity contribution in [3.05, 3.63) is 28.7 Å². The zero-order chi connectivity index (χ0) is 13.4. The van der Waals surface area contributed by atoms with Crippen LogP contribution in [0.15, 0.2) is 27.4 Å². The molecule has 0 radical (unpaired) electrons. The lowest BCUT2D eigenvalue weighted by Crippen LogP contribution is -2.25. The van der Waals surface area contributed by atoms with E-state index in [2.05, 4.69) is 10.2 Å². The summed E-state index contributed by atoms with van der Waals surface area (Å²) >= 11 is 0. The van der Waals surface area contributed by atoms with Gasteiger partial charge in [-0.15, -0.1) is 5.10 Å². The number of nitrogens with one attached hydrogen (secondary N) is 1. The molecule has 1 aromatic heterocycles. The summed E-state index contributed by atoms with van der Waals surface area (Å²) in [6, 6.07) is 5.16. The van der Waals surface area contributed by atoms with Crippen molar-refractivity contribution in [1.29, 1.82) is 0 Å². The largest absolute Gasteiger partial charge is 0.491 e. The molecule has 0 aliphatic carbocycles. The summed E-state index contributed by atoms with van der Waals surface area (Å²) in [6.45, 7) is 0.354. The third kappa shape index (κ3) is 1.99. The van der Waals surface area contributed by atoms with Crippen LogP contribution < -0.4 is 15.4 Å². The fourth-order valence-electron chi connectivity index (χ4n) is 1.94. The fourth-order valence-corrected chi connectivity index (χ4v) is 1.94. The second-order valence-electron chi connectivity index (χ2n) is 4.15. The molecule has 0 saturated heterocycles. The Morgan fingerprint density at radius 2 is 2.21 bits per heavy atom. The average Bonchev–Trinajstić information content (AvgIpc) is 2.79. The molecule has 3 rings (SSSR count). The fraction of sp³-hybridized carbons (Fsp3) is 0.250. The van der Waals surface area contributed by atoms with Gasteiger partial charge in [-0.1, -0.05) is 0 Å². The van der Waals surface area contributed by atoms with E-state index in [-0.39, 0.29) is 11.8 Å². The van der Waals surface area contributed by atoms with Crippen molar-refractivity contribution in [3.63, 3.8) is 0 Å². The summed E-state index contributed by atoms with van der Waals surface area (Å²) in [4.78, 5) is 24.3. The minimum absolute atomic E-state index is 0.0284. The van der Waals surface area contributed by atoms with Crippen LogP contribution in [0.25, 0.3) is 11.5 Å². The maximum Gasteiger partial charge on any atom is 0.434 e. The smallest absolute Gasteiger partial charge is 0.434 e. The molecule has 0 saturated carbocycles. The molecule has 1 aliphatic heterocycles. The van der Waals surface area contributed by atoms with Gasteiger partial charge in [0.25, 0.3) is 0 Å². The highest BCUT2D eigenvalue weighted by Gasteiger charge is 2.21. The maximum absolute atomic E-state index is 11.8. The molecular weight excluding hydrogens is 250 g/mol. The number of carbonyl (C=O) groups excluding carboxylic acids is 1. The summed E-state index contributed by atoms with van der Waals surface area (Å²) in [6.07, 6.45) is 0.331. The van der Waals surface area contributed by atoms with Crippen molar-refractivity contribution in [3.8, 4) is 17.2 Å². The van der Waals surface area contributed by atoms with Crippen LogP contribution in [0.2, 0.25) is 0 Å². The van der Waals surface area contributed by atoms with Crippen molar-refractivity contribution < 1.29 is 13.9 Å². The molecule has 2 aromatic rings. The number of benzene rings is 1. The van der Waals surface area contributed by atoms with Gasteiger partial charge < -0.3 is 14.1 Å². The first-order valence-corrected chi connectivity index (χ1v) is 5.74. The van der Waals surface area contributed by atoms with Gasteiger partial charge in [-0.3, -0.25) is 4.79 Å². The molecular formula is C12H11N3O4. The molecule has 0 fully saturated rings. The quantitative estimate of drug-likeness (QED) is 0.819. The number of nitrogens with zero attached hydrogens (tertiary/aromatic N) is 2. The molecule has 1 N–H and O–H groups in total. The van der Waals surface area contributed by atoms with Gasteiger partial charge in [0.1, 0.15) is 5.75 Å². The Morgan fingerprint density at radius 1 is 1.37 bits per heavy atom. The van der Waals surface area contributed by atoms with E-state index < -0.39 is 5.76 Å². The third-order valence-corrected chi connectivity index (χ3v) is 2.95. The first kappa shape index (κ1) is 11.5. The molecule has 7 nitrogen and oxygen atoms in total. The van der Waals surface area contributed by atoms with Crippen LogP contribution >= 0.6 is 0 Å². The van der Waals surface area contributed by atoms with Crippen molar-refractivity contribution in [2.75, 3.05) is 18.6 Å². The number of rotatable bonds is 1. The molecule has 98 valence electrons. The Bertz CT molecular complexity index is 688. The Morgan fingerprint density at radius 3 is 2.95 bits per heavy atom. The summed E-state index contributed by atoms with van der Waals surface area (Å²) in [5.74, 6) is 0.151. The van der Waals surface area contributed by atoms with Crippen LogP contribution in [0.4, 0.5) is 5.69 Å². The van der Waals surface area contributed by atoms with E-state index >= 15 is 0 Å². The van der Waals surface area contributed by atoms with Gasteiger partial charge >= 0.3 is 5.76 Å². The van der Waals surface area contributed by atoms with Crippen LogP contribution in [0.1, 0.15) is 6.42 Å². The topological polar surface area (TPSA) is 88.4 Å². The predicted octanol–water partition coefficient (Wildman–Crippen LogP) is 0.775. The Balaban J connectivity index is 2.09. The van der Waals surface area contributed by atoms with Gasteiger partial charge in [-0.2, -0.15) is 0 Å². The molecule has 0 spiro atoms. The van der Waals surface area contributed by atoms with Crippen LogP contribution in [0.3, 0.4) is 0 Å². The molecule has 7 heteroatoms. The van der Waals surface area contributed by atoms with E-state index in [1.165, 1.54) is 4.90 Å². The summed E-state index contributed by atoms with van der Waals surface area (Å²) in [7, 11) is 1.68. The number of aromatic amines is 1. The van der Waals surface area contributed by atoms with Crippen molar-refractivity contribution in [2.24, 2.45) is 0 Å². The van der Waals surface area contributed by atoms with Crippen LogP contribution in [0.5, 0.6) is 5.75 Å². The predicted molar refractivity (Wildman–Crippen MR) is 66.1 cm³/mol. The third-order valence-electron chi connectivity index (χ3n) is 2.95. The highest BCUT2D eigenvalue weighted by molar-refractivity contribution is 5.95. The Labute approximate surface area is 107 Å². The van der Waals surface area contributed by atoms with Crippen molar-refractivity contribution in [1.82, 2.24) is 10.2 Å². The number of carbonyl (C=O) groups is 1. The number of ether oxygens (including phenoxy) is 1. The normalized spacial score (nSPS) is 14.8. The molecule has 19 heavy (non-hydrogen) atoms. The molecule has 1 aliphatic rings. The zero-order valence-electron chi connectivity index (χ0n) is 10.2. The highest BCUT2D eigenvalue weighted by Crippen LogP contribution is 2.34. The monoisotopic (exact) mass is 261 g/mol. The molecule has 1 amide bonds. The van der Waals surface area contributed by atoms with E-state index in [0.717, 1.165) is 0 Å². The summed E-state index contributed by atoms with van der Waals surface area (Å²) in [5, 5.41) is 5.95. The number of hydrogen-bond acceptors (Lipinski definition) is 5. The molecule has 0 unspecified atom stereocenters. The van der Waals surface area contributed by atoms with Crippen LogP contribution in [0, 0.1) is 0 Å². The minimum atomic E-state index is -0.620. The highest BCUT2D eigenvalue weighted by atomic mass is 16.5. The number of aromatic nitrogens is 2. The number of H-pyrrole nitrogens is 1. The Hall–Kier alpha value is -2.57. The molecule has 0 atom stereocenters. The first-order valence-electron chi connectivity index (χ1n) is 5.74. The van der Waals surface area contributed by atoms with Gasteiger partial charge in [-0.05, 0) is 18.2 Å². The van der Waals surface area contributed by atoms with Gasteiger partial charge in [-0.25, -0.2) is 9.89 Å². The molecule has 2 heterocycles. The van der Waals surface area contributed by atoms with Crippen LogP contribution in [-0.2, 0) is 4.79 Å². The lowest BCUT2D eigenvalue weighted by atomic mass is 10.1. The first-order chi connectivity index (χ1) is 9.15. The van der Waals surface area contributed by atoms with Gasteiger partial charge in [0, 0.05) is 12.6 Å². The lowest BCUT2D eigenvalue weighted by molar-refractivity contribution is -0.118. The summed E-state index contributed by atoms with van der Waals surface area (Å²) < 4.78 is 10.4. The van der Waals surface area contributed by atoms with E-state index in [1.54, 1.807) is 25.2 Å². The zero-order valence-corrected chi connectivity index (χ0v) is 10.2. The van der Waals surface area contributed by atoms with Crippen molar-refractivity contribution in [2.45, 2.75) is 6.42 Å². The second-order valence-corrected chi connectivity index (χ2v) is 4.15.